The molecule has 10 heteroatoms. The van der Waals surface area contributed by atoms with Crippen molar-refractivity contribution in [2.24, 2.45) is 0 Å². The van der Waals surface area contributed by atoms with E-state index in [4.69, 9.17) is 23.2 Å². The molecule has 0 aliphatic carbocycles. The Morgan fingerprint density at radius 3 is 2.03 bits per heavy atom. The lowest BCUT2D eigenvalue weighted by Gasteiger charge is -2.32. The van der Waals surface area contributed by atoms with Gasteiger partial charge in [0.15, 0.2) is 0 Å². The molecule has 0 aliphatic rings. The van der Waals surface area contributed by atoms with Crippen molar-refractivity contribution < 1.29 is 18.0 Å². The molecule has 0 bridgehead atoms. The lowest BCUT2D eigenvalue weighted by atomic mass is 10.0. The maximum absolute atomic E-state index is 13.8. The number of carbonyl (C=O) groups is 2. The fourth-order valence-electron chi connectivity index (χ4n) is 3.86. The number of sulfonamides is 1. The van der Waals surface area contributed by atoms with E-state index in [9.17, 15) is 18.0 Å². The summed E-state index contributed by atoms with van der Waals surface area (Å²) in [4.78, 5) is 28.6. The summed E-state index contributed by atoms with van der Waals surface area (Å²) in [7, 11) is -2.63. The molecular weight excluding hydrogens is 545 g/mol. The Labute approximate surface area is 234 Å². The highest BCUT2D eigenvalue weighted by Gasteiger charge is 2.33. The number of hydrogen-bond acceptors (Lipinski definition) is 4. The van der Waals surface area contributed by atoms with Gasteiger partial charge in [-0.25, -0.2) is 8.42 Å². The molecular formula is C28H31Cl2N3O4S. The third-order valence-electron chi connectivity index (χ3n) is 5.97. The molecule has 0 aromatic heterocycles. The Morgan fingerprint density at radius 2 is 1.45 bits per heavy atom. The summed E-state index contributed by atoms with van der Waals surface area (Å²) in [6, 6.07) is 21.2. The van der Waals surface area contributed by atoms with Crippen LogP contribution in [0.2, 0.25) is 10.0 Å². The van der Waals surface area contributed by atoms with Crippen LogP contribution in [0.1, 0.15) is 24.5 Å². The van der Waals surface area contributed by atoms with Crippen LogP contribution in [0.3, 0.4) is 0 Å². The molecule has 3 rings (SSSR count). The predicted molar refractivity (Wildman–Crippen MR) is 151 cm³/mol. The van der Waals surface area contributed by atoms with Gasteiger partial charge in [-0.3, -0.25) is 9.59 Å². The number of benzene rings is 3. The van der Waals surface area contributed by atoms with Gasteiger partial charge < -0.3 is 10.2 Å². The average Bonchev–Trinajstić information content (AvgIpc) is 2.91. The largest absolute Gasteiger partial charge is 0.354 e. The molecule has 2 amide bonds. The SMILES string of the molecule is CCCNC(=O)[C@@H](Cc1ccccc1)N(Cc1ccc(Cl)cc1)C(=O)CN(C)S(=O)(=O)c1ccc(Cl)cc1. The van der Waals surface area contributed by atoms with Crippen LogP contribution in [0.4, 0.5) is 0 Å². The highest BCUT2D eigenvalue weighted by atomic mass is 35.5. The monoisotopic (exact) mass is 575 g/mol. The standard InChI is InChI=1S/C28H31Cl2N3O4S/c1-3-17-31-28(35)26(18-21-7-5-4-6-8-21)33(19-22-9-11-23(29)12-10-22)27(34)20-32(2)38(36,37)25-15-13-24(30)14-16-25/h4-16,26H,3,17-20H2,1-2H3,(H,31,35)/t26-/m1/s1. The number of nitrogens with zero attached hydrogens (tertiary/aromatic N) is 2. The van der Waals surface area contributed by atoms with Gasteiger partial charge >= 0.3 is 0 Å². The van der Waals surface area contributed by atoms with Crippen molar-refractivity contribution in [2.45, 2.75) is 37.2 Å². The van der Waals surface area contributed by atoms with Crippen molar-refractivity contribution in [3.63, 3.8) is 0 Å². The molecule has 3 aromatic carbocycles. The molecule has 0 radical (unpaired) electrons. The minimum Gasteiger partial charge on any atom is -0.354 e. The highest BCUT2D eigenvalue weighted by Crippen LogP contribution is 2.20. The van der Waals surface area contributed by atoms with Crippen LogP contribution in [0.15, 0.2) is 83.8 Å². The van der Waals surface area contributed by atoms with Crippen LogP contribution < -0.4 is 5.32 Å². The molecule has 0 fully saturated rings. The topological polar surface area (TPSA) is 86.8 Å². The Kier molecular flexibility index (Phi) is 10.7. The van der Waals surface area contributed by atoms with E-state index in [2.05, 4.69) is 5.32 Å². The van der Waals surface area contributed by atoms with E-state index in [0.29, 0.717) is 16.6 Å². The van der Waals surface area contributed by atoms with Crippen LogP contribution >= 0.6 is 23.2 Å². The van der Waals surface area contributed by atoms with Crippen LogP contribution in [0.5, 0.6) is 0 Å². The molecule has 0 heterocycles. The van der Waals surface area contributed by atoms with Gasteiger partial charge in [-0.2, -0.15) is 4.31 Å². The first kappa shape index (κ1) is 29.6. The molecule has 3 aromatic rings. The van der Waals surface area contributed by atoms with Crippen LogP contribution in [-0.4, -0.2) is 55.6 Å². The van der Waals surface area contributed by atoms with E-state index in [0.717, 1.165) is 21.9 Å². The lowest BCUT2D eigenvalue weighted by molar-refractivity contribution is -0.141. The van der Waals surface area contributed by atoms with E-state index in [1.54, 1.807) is 24.3 Å². The number of rotatable bonds is 12. The molecule has 38 heavy (non-hydrogen) atoms. The van der Waals surface area contributed by atoms with Gasteiger partial charge in [0.25, 0.3) is 0 Å². The molecule has 1 N–H and O–H groups in total. The van der Waals surface area contributed by atoms with Gasteiger partial charge in [-0.1, -0.05) is 72.6 Å². The maximum atomic E-state index is 13.8. The zero-order chi connectivity index (χ0) is 27.7. The smallest absolute Gasteiger partial charge is 0.243 e. The molecule has 0 aliphatic heterocycles. The van der Waals surface area contributed by atoms with Gasteiger partial charge in [-0.05, 0) is 53.9 Å². The molecule has 0 spiro atoms. The van der Waals surface area contributed by atoms with Crippen molar-refractivity contribution in [1.29, 1.82) is 0 Å². The first-order valence-electron chi connectivity index (χ1n) is 12.2. The van der Waals surface area contributed by atoms with Gasteiger partial charge in [-0.15, -0.1) is 0 Å². The summed E-state index contributed by atoms with van der Waals surface area (Å²) in [5, 5.41) is 3.84. The van der Waals surface area contributed by atoms with E-state index >= 15 is 0 Å². The van der Waals surface area contributed by atoms with Crippen LogP contribution in [0, 0.1) is 0 Å². The van der Waals surface area contributed by atoms with Gasteiger partial charge in [0.05, 0.1) is 11.4 Å². The Bertz CT molecular complexity index is 1320. The van der Waals surface area contributed by atoms with Crippen molar-refractivity contribution >= 4 is 45.0 Å². The van der Waals surface area contributed by atoms with Gasteiger partial charge in [0.1, 0.15) is 6.04 Å². The number of amides is 2. The maximum Gasteiger partial charge on any atom is 0.243 e. The summed E-state index contributed by atoms with van der Waals surface area (Å²) in [6.07, 6.45) is 1.00. The Balaban J connectivity index is 1.95. The molecule has 202 valence electrons. The number of nitrogens with one attached hydrogen (secondary N) is 1. The summed E-state index contributed by atoms with van der Waals surface area (Å²) in [6.45, 7) is 2.05. The highest BCUT2D eigenvalue weighted by molar-refractivity contribution is 7.89. The first-order valence-corrected chi connectivity index (χ1v) is 14.4. The molecule has 1 atom stereocenters. The van der Waals surface area contributed by atoms with Crippen molar-refractivity contribution in [3.8, 4) is 0 Å². The third-order valence-corrected chi connectivity index (χ3v) is 8.29. The zero-order valence-electron chi connectivity index (χ0n) is 21.3. The number of halogens is 2. The molecule has 0 saturated carbocycles. The third kappa shape index (κ3) is 8.04. The fraction of sp³-hybridized carbons (Fsp3) is 0.286. The number of likely N-dealkylation sites (N-methyl/N-ethyl adjacent to an activating group) is 1. The van der Waals surface area contributed by atoms with Crippen LogP contribution in [0.25, 0.3) is 0 Å². The van der Waals surface area contributed by atoms with E-state index in [1.807, 2.05) is 37.3 Å². The van der Waals surface area contributed by atoms with E-state index < -0.39 is 28.5 Å². The Hall–Kier alpha value is -2.91. The number of hydrogen-bond donors (Lipinski definition) is 1. The van der Waals surface area contributed by atoms with E-state index in [1.165, 1.54) is 36.2 Å². The fourth-order valence-corrected chi connectivity index (χ4v) is 5.23. The second-order valence-electron chi connectivity index (χ2n) is 8.86. The minimum absolute atomic E-state index is 0.0166. The molecule has 0 unspecified atom stereocenters. The minimum atomic E-state index is -3.97. The first-order chi connectivity index (χ1) is 18.1. The summed E-state index contributed by atoms with van der Waals surface area (Å²) in [5.74, 6) is -0.811. The lowest BCUT2D eigenvalue weighted by Crippen LogP contribution is -2.53. The second kappa shape index (κ2) is 13.8. The second-order valence-corrected chi connectivity index (χ2v) is 11.8. The van der Waals surface area contributed by atoms with E-state index in [-0.39, 0.29) is 23.8 Å². The predicted octanol–water partition coefficient (Wildman–Crippen LogP) is 4.78. The van der Waals surface area contributed by atoms with Crippen molar-refractivity contribution in [2.75, 3.05) is 20.1 Å². The van der Waals surface area contributed by atoms with Crippen LogP contribution in [-0.2, 0) is 32.6 Å². The van der Waals surface area contributed by atoms with Crippen molar-refractivity contribution in [1.82, 2.24) is 14.5 Å². The summed E-state index contributed by atoms with van der Waals surface area (Å²) in [5.41, 5.74) is 1.63. The Morgan fingerprint density at radius 1 is 0.868 bits per heavy atom. The summed E-state index contributed by atoms with van der Waals surface area (Å²) < 4.78 is 27.3. The average molecular weight is 577 g/mol. The van der Waals surface area contributed by atoms with Gasteiger partial charge in [0, 0.05) is 36.6 Å². The van der Waals surface area contributed by atoms with Gasteiger partial charge in [0.2, 0.25) is 21.8 Å². The quantitative estimate of drug-likeness (QED) is 0.336. The zero-order valence-corrected chi connectivity index (χ0v) is 23.6. The molecule has 7 nitrogen and oxygen atoms in total. The number of carbonyl (C=O) groups excluding carboxylic acids is 2. The normalized spacial score (nSPS) is 12.2. The summed E-state index contributed by atoms with van der Waals surface area (Å²) >= 11 is 12.0. The van der Waals surface area contributed by atoms with Crippen molar-refractivity contribution in [3.05, 3.63) is 100 Å². The molecule has 0 saturated heterocycles.